The second-order valence-corrected chi connectivity index (χ2v) is 6.18. The number of aryl methyl sites for hydroxylation is 1. The fourth-order valence-corrected chi connectivity index (χ4v) is 3.31. The van der Waals surface area contributed by atoms with Crippen molar-refractivity contribution < 1.29 is 9.84 Å². The molecular weight excluding hydrogens is 372 g/mol. The number of hydrogen-bond acceptors (Lipinski definition) is 2. The van der Waals surface area contributed by atoms with Crippen LogP contribution in [-0.4, -0.2) is 12.2 Å². The van der Waals surface area contributed by atoms with E-state index in [0.717, 1.165) is 25.6 Å². The second-order valence-electron chi connectivity index (χ2n) is 4.35. The third-order valence-electron chi connectivity index (χ3n) is 2.88. The van der Waals surface area contributed by atoms with E-state index in [1.54, 1.807) is 7.11 Å². The van der Waals surface area contributed by atoms with Crippen LogP contribution in [0.4, 0.5) is 0 Å². The number of methoxy groups -OCH3 is 1. The van der Waals surface area contributed by atoms with Crippen molar-refractivity contribution in [3.05, 3.63) is 62.0 Å². The molecule has 0 bridgehead atoms. The molecule has 0 aliphatic carbocycles. The summed E-state index contributed by atoms with van der Waals surface area (Å²) in [6, 6.07) is 11.5. The van der Waals surface area contributed by atoms with E-state index < -0.39 is 6.10 Å². The summed E-state index contributed by atoms with van der Waals surface area (Å²) in [4.78, 5) is 0. The SMILES string of the molecule is COc1ccc(C)cc1C(O)c1cc(Br)cc(Br)c1. The average molecular weight is 386 g/mol. The lowest BCUT2D eigenvalue weighted by Crippen LogP contribution is -2.03. The normalized spacial score (nSPS) is 12.3. The van der Waals surface area contributed by atoms with Gasteiger partial charge in [0.05, 0.1) is 7.11 Å². The molecule has 0 aliphatic rings. The minimum atomic E-state index is -0.719. The molecule has 2 aromatic carbocycles. The third-order valence-corrected chi connectivity index (χ3v) is 3.80. The van der Waals surface area contributed by atoms with Gasteiger partial charge in [-0.15, -0.1) is 0 Å². The van der Waals surface area contributed by atoms with Gasteiger partial charge in [-0.3, -0.25) is 0 Å². The van der Waals surface area contributed by atoms with E-state index in [9.17, 15) is 5.11 Å². The Morgan fingerprint density at radius 1 is 1.05 bits per heavy atom. The number of aliphatic hydroxyl groups is 1. The zero-order valence-electron chi connectivity index (χ0n) is 10.7. The van der Waals surface area contributed by atoms with Gasteiger partial charge in [0.2, 0.25) is 0 Å². The molecule has 1 atom stereocenters. The van der Waals surface area contributed by atoms with Crippen molar-refractivity contribution in [3.8, 4) is 5.75 Å². The van der Waals surface area contributed by atoms with Crippen LogP contribution < -0.4 is 4.74 Å². The zero-order chi connectivity index (χ0) is 14.0. The highest BCUT2D eigenvalue weighted by Gasteiger charge is 2.16. The maximum Gasteiger partial charge on any atom is 0.125 e. The molecule has 100 valence electrons. The number of rotatable bonds is 3. The number of hydrogen-bond donors (Lipinski definition) is 1. The molecule has 0 spiro atoms. The molecule has 0 aliphatic heterocycles. The zero-order valence-corrected chi connectivity index (χ0v) is 13.8. The molecule has 2 nitrogen and oxygen atoms in total. The monoisotopic (exact) mass is 384 g/mol. The van der Waals surface area contributed by atoms with Crippen LogP contribution in [0.2, 0.25) is 0 Å². The van der Waals surface area contributed by atoms with Crippen LogP contribution in [0.1, 0.15) is 22.8 Å². The van der Waals surface area contributed by atoms with Gasteiger partial charge in [0.15, 0.2) is 0 Å². The van der Waals surface area contributed by atoms with Crippen LogP contribution in [0.25, 0.3) is 0 Å². The molecule has 1 N–H and O–H groups in total. The molecule has 1 unspecified atom stereocenters. The molecule has 2 rings (SSSR count). The highest BCUT2D eigenvalue weighted by Crippen LogP contribution is 2.33. The summed E-state index contributed by atoms with van der Waals surface area (Å²) in [5.41, 5.74) is 2.67. The van der Waals surface area contributed by atoms with Crippen LogP contribution in [0.15, 0.2) is 45.3 Å². The van der Waals surface area contributed by atoms with Gasteiger partial charge in [-0.25, -0.2) is 0 Å². The molecule has 0 radical (unpaired) electrons. The number of benzene rings is 2. The first-order valence-corrected chi connectivity index (χ1v) is 7.38. The first kappa shape index (κ1) is 14.6. The van der Waals surface area contributed by atoms with Crippen LogP contribution in [0, 0.1) is 6.92 Å². The smallest absolute Gasteiger partial charge is 0.125 e. The van der Waals surface area contributed by atoms with Crippen LogP contribution >= 0.6 is 31.9 Å². The van der Waals surface area contributed by atoms with Gasteiger partial charge in [-0.2, -0.15) is 0 Å². The predicted octanol–water partition coefficient (Wildman–Crippen LogP) is 4.61. The van der Waals surface area contributed by atoms with Gasteiger partial charge in [0, 0.05) is 14.5 Å². The van der Waals surface area contributed by atoms with Gasteiger partial charge in [0.1, 0.15) is 11.9 Å². The summed E-state index contributed by atoms with van der Waals surface area (Å²) in [5.74, 6) is 0.689. The molecule has 0 saturated heterocycles. The Morgan fingerprint density at radius 2 is 1.68 bits per heavy atom. The minimum Gasteiger partial charge on any atom is -0.496 e. The first-order chi connectivity index (χ1) is 9.01. The van der Waals surface area contributed by atoms with E-state index in [1.807, 2.05) is 43.3 Å². The number of halogens is 2. The van der Waals surface area contributed by atoms with E-state index in [2.05, 4.69) is 31.9 Å². The maximum absolute atomic E-state index is 10.6. The van der Waals surface area contributed by atoms with Crippen LogP contribution in [-0.2, 0) is 0 Å². The van der Waals surface area contributed by atoms with Crippen molar-refractivity contribution in [1.29, 1.82) is 0 Å². The second kappa shape index (κ2) is 6.07. The lowest BCUT2D eigenvalue weighted by Gasteiger charge is -2.16. The predicted molar refractivity (Wildman–Crippen MR) is 83.6 cm³/mol. The fraction of sp³-hybridized carbons (Fsp3) is 0.200. The topological polar surface area (TPSA) is 29.5 Å². The van der Waals surface area contributed by atoms with Crippen molar-refractivity contribution in [2.24, 2.45) is 0 Å². The molecule has 0 fully saturated rings. The van der Waals surface area contributed by atoms with Crippen molar-refractivity contribution in [2.45, 2.75) is 13.0 Å². The van der Waals surface area contributed by atoms with E-state index in [-0.39, 0.29) is 0 Å². The molecule has 0 saturated carbocycles. The Labute approximate surface area is 129 Å². The first-order valence-electron chi connectivity index (χ1n) is 5.80. The van der Waals surface area contributed by atoms with Gasteiger partial charge in [-0.05, 0) is 42.8 Å². The molecule has 0 heterocycles. The molecule has 0 aromatic heterocycles. The van der Waals surface area contributed by atoms with Crippen LogP contribution in [0.3, 0.4) is 0 Å². The molecule has 0 amide bonds. The molecule has 2 aromatic rings. The fourth-order valence-electron chi connectivity index (χ4n) is 1.98. The summed E-state index contributed by atoms with van der Waals surface area (Å²) in [5, 5.41) is 10.6. The summed E-state index contributed by atoms with van der Waals surface area (Å²) < 4.78 is 7.16. The number of ether oxygens (including phenoxy) is 1. The van der Waals surface area contributed by atoms with Crippen molar-refractivity contribution in [2.75, 3.05) is 7.11 Å². The van der Waals surface area contributed by atoms with Gasteiger partial charge >= 0.3 is 0 Å². The van der Waals surface area contributed by atoms with Gasteiger partial charge in [0.25, 0.3) is 0 Å². The van der Waals surface area contributed by atoms with E-state index in [0.29, 0.717) is 5.75 Å². The quantitative estimate of drug-likeness (QED) is 0.835. The van der Waals surface area contributed by atoms with E-state index >= 15 is 0 Å². The lowest BCUT2D eigenvalue weighted by atomic mass is 9.99. The molecular formula is C15H14Br2O2. The summed E-state index contributed by atoms with van der Waals surface area (Å²) in [7, 11) is 1.61. The largest absolute Gasteiger partial charge is 0.496 e. The third kappa shape index (κ3) is 3.38. The standard InChI is InChI=1S/C15H14Br2O2/c1-9-3-4-14(19-2)13(5-9)15(18)10-6-11(16)8-12(17)7-10/h3-8,15,18H,1-2H3. The lowest BCUT2D eigenvalue weighted by molar-refractivity contribution is 0.214. The highest BCUT2D eigenvalue weighted by atomic mass is 79.9. The Morgan fingerprint density at radius 3 is 2.26 bits per heavy atom. The molecule has 4 heteroatoms. The highest BCUT2D eigenvalue weighted by molar-refractivity contribution is 9.11. The Balaban J connectivity index is 2.48. The maximum atomic E-state index is 10.6. The average Bonchev–Trinajstić information content (AvgIpc) is 2.36. The van der Waals surface area contributed by atoms with Gasteiger partial charge < -0.3 is 9.84 Å². The Bertz CT molecular complexity index is 576. The van der Waals surface area contributed by atoms with E-state index in [4.69, 9.17) is 4.74 Å². The minimum absolute atomic E-state index is 0.689. The summed E-state index contributed by atoms with van der Waals surface area (Å²) >= 11 is 6.86. The van der Waals surface area contributed by atoms with Gasteiger partial charge in [-0.1, -0.05) is 43.5 Å². The Kier molecular flexibility index (Phi) is 4.66. The molecule has 19 heavy (non-hydrogen) atoms. The summed E-state index contributed by atoms with van der Waals surface area (Å²) in [6.07, 6.45) is -0.719. The van der Waals surface area contributed by atoms with E-state index in [1.165, 1.54) is 0 Å². The van der Waals surface area contributed by atoms with Crippen LogP contribution in [0.5, 0.6) is 5.75 Å². The van der Waals surface area contributed by atoms with Crippen molar-refractivity contribution in [3.63, 3.8) is 0 Å². The van der Waals surface area contributed by atoms with Crippen molar-refractivity contribution >= 4 is 31.9 Å². The number of aliphatic hydroxyl groups excluding tert-OH is 1. The Hall–Kier alpha value is -0.840. The summed E-state index contributed by atoms with van der Waals surface area (Å²) in [6.45, 7) is 1.99. The van der Waals surface area contributed by atoms with Crippen molar-refractivity contribution in [1.82, 2.24) is 0 Å².